The fourth-order valence-corrected chi connectivity index (χ4v) is 2.63. The van der Waals surface area contributed by atoms with Crippen molar-refractivity contribution in [3.05, 3.63) is 42.0 Å². The summed E-state index contributed by atoms with van der Waals surface area (Å²) in [5, 5.41) is 2.29. The topological polar surface area (TPSA) is 32.8 Å². The lowest BCUT2D eigenvalue weighted by molar-refractivity contribution is -0.137. The molecule has 0 heterocycles. The van der Waals surface area contributed by atoms with Gasteiger partial charge in [-0.1, -0.05) is 18.2 Å². The lowest BCUT2D eigenvalue weighted by Crippen LogP contribution is -2.13. The van der Waals surface area contributed by atoms with Crippen LogP contribution in [0.5, 0.6) is 0 Å². The molecule has 0 bridgehead atoms. The van der Waals surface area contributed by atoms with Crippen molar-refractivity contribution in [2.75, 3.05) is 44.6 Å². The average Bonchev–Trinajstić information content (AvgIpc) is 2.51. The first-order valence-electron chi connectivity index (χ1n) is 7.71. The van der Waals surface area contributed by atoms with Gasteiger partial charge in [-0.3, -0.25) is 0 Å². The van der Waals surface area contributed by atoms with Crippen LogP contribution in [0.2, 0.25) is 0 Å². The molecule has 2 rings (SSSR count). The maximum Gasteiger partial charge on any atom is 0.330 e. The SMILES string of the molecule is CCOC(=O)/C=C/c1ccc(N(C)C)c2c(N(C)C)cccc12. The summed E-state index contributed by atoms with van der Waals surface area (Å²) in [6.07, 6.45) is 3.30. The monoisotopic (exact) mass is 312 g/mol. The summed E-state index contributed by atoms with van der Waals surface area (Å²) in [7, 11) is 8.15. The quantitative estimate of drug-likeness (QED) is 0.624. The van der Waals surface area contributed by atoms with E-state index in [1.165, 1.54) is 11.5 Å². The van der Waals surface area contributed by atoms with E-state index < -0.39 is 0 Å². The first-order valence-corrected chi connectivity index (χ1v) is 7.71. The molecule has 0 radical (unpaired) electrons. The van der Waals surface area contributed by atoms with E-state index in [0.717, 1.165) is 22.3 Å². The molecule has 122 valence electrons. The first-order chi connectivity index (χ1) is 11.0. The van der Waals surface area contributed by atoms with Crippen LogP contribution in [0, 0.1) is 0 Å². The van der Waals surface area contributed by atoms with Gasteiger partial charge in [-0.05, 0) is 36.1 Å². The Hall–Kier alpha value is -2.49. The summed E-state index contributed by atoms with van der Waals surface area (Å²) in [5.41, 5.74) is 3.30. The number of esters is 1. The molecule has 4 heteroatoms. The second-order valence-electron chi connectivity index (χ2n) is 5.75. The smallest absolute Gasteiger partial charge is 0.330 e. The molecule has 4 nitrogen and oxygen atoms in total. The zero-order valence-electron chi connectivity index (χ0n) is 14.5. The van der Waals surface area contributed by atoms with Crippen molar-refractivity contribution in [2.45, 2.75) is 6.92 Å². The minimum absolute atomic E-state index is 0.318. The van der Waals surface area contributed by atoms with Crippen LogP contribution in [0.15, 0.2) is 36.4 Å². The number of nitrogens with zero attached hydrogens (tertiary/aromatic N) is 2. The molecule has 2 aromatic carbocycles. The highest BCUT2D eigenvalue weighted by molar-refractivity contribution is 6.07. The van der Waals surface area contributed by atoms with E-state index in [2.05, 4.69) is 28.0 Å². The van der Waals surface area contributed by atoms with Gasteiger partial charge in [0.05, 0.1) is 6.61 Å². The molecule has 0 fully saturated rings. The van der Waals surface area contributed by atoms with Gasteiger partial charge in [0, 0.05) is 51.0 Å². The van der Waals surface area contributed by atoms with Gasteiger partial charge < -0.3 is 14.5 Å². The van der Waals surface area contributed by atoms with Crippen LogP contribution in [0.25, 0.3) is 16.8 Å². The summed E-state index contributed by atoms with van der Waals surface area (Å²) < 4.78 is 4.96. The summed E-state index contributed by atoms with van der Waals surface area (Å²) in [5.74, 6) is -0.318. The average molecular weight is 312 g/mol. The maximum atomic E-state index is 11.6. The Morgan fingerprint density at radius 3 is 2.30 bits per heavy atom. The van der Waals surface area contributed by atoms with Crippen LogP contribution in [-0.4, -0.2) is 40.8 Å². The van der Waals surface area contributed by atoms with Crippen LogP contribution in [0.3, 0.4) is 0 Å². The van der Waals surface area contributed by atoms with Crippen LogP contribution >= 0.6 is 0 Å². The molecule has 0 saturated carbocycles. The van der Waals surface area contributed by atoms with E-state index in [9.17, 15) is 4.79 Å². The summed E-state index contributed by atoms with van der Waals surface area (Å²) in [6, 6.07) is 10.3. The lowest BCUT2D eigenvalue weighted by atomic mass is 10.00. The second-order valence-corrected chi connectivity index (χ2v) is 5.75. The summed E-state index contributed by atoms with van der Waals surface area (Å²) >= 11 is 0. The Labute approximate surface area is 138 Å². The van der Waals surface area contributed by atoms with Gasteiger partial charge in [-0.25, -0.2) is 4.79 Å². The Balaban J connectivity index is 2.63. The van der Waals surface area contributed by atoms with Crippen molar-refractivity contribution in [3.8, 4) is 0 Å². The largest absolute Gasteiger partial charge is 0.463 e. The number of rotatable bonds is 5. The van der Waals surface area contributed by atoms with Gasteiger partial charge in [0.25, 0.3) is 0 Å². The van der Waals surface area contributed by atoms with Crippen molar-refractivity contribution < 1.29 is 9.53 Å². The third kappa shape index (κ3) is 3.65. The van der Waals surface area contributed by atoms with Crippen molar-refractivity contribution in [2.24, 2.45) is 0 Å². The van der Waals surface area contributed by atoms with Crippen LogP contribution < -0.4 is 9.80 Å². The normalized spacial score (nSPS) is 11.0. The number of carbonyl (C=O) groups excluding carboxylic acids is 1. The number of hydrogen-bond donors (Lipinski definition) is 0. The molecule has 0 amide bonds. The Bertz CT molecular complexity index is 719. The van der Waals surface area contributed by atoms with Gasteiger partial charge in [0.1, 0.15) is 0 Å². The minimum atomic E-state index is -0.318. The van der Waals surface area contributed by atoms with E-state index >= 15 is 0 Å². The molecule has 0 unspecified atom stereocenters. The standard InChI is InChI=1S/C19H24N2O2/c1-6-23-18(22)13-11-14-10-12-17(21(4)5)19-15(14)8-7-9-16(19)20(2)3/h7-13H,6H2,1-5H3/b13-11+. The van der Waals surface area contributed by atoms with Crippen molar-refractivity contribution >= 4 is 34.2 Å². The molecule has 0 aliphatic carbocycles. The molecule has 0 aliphatic rings. The van der Waals surface area contributed by atoms with Crippen LogP contribution in [0.4, 0.5) is 11.4 Å². The Morgan fingerprint density at radius 2 is 1.70 bits per heavy atom. The number of anilines is 2. The van der Waals surface area contributed by atoms with Crippen LogP contribution in [0.1, 0.15) is 12.5 Å². The van der Waals surface area contributed by atoms with E-state index in [4.69, 9.17) is 4.74 Å². The predicted octanol–water partition coefficient (Wildman–Crippen LogP) is 3.55. The molecule has 0 aliphatic heterocycles. The Morgan fingerprint density at radius 1 is 1.04 bits per heavy atom. The third-order valence-corrected chi connectivity index (χ3v) is 3.68. The number of ether oxygens (including phenoxy) is 1. The molecule has 0 aromatic heterocycles. The third-order valence-electron chi connectivity index (χ3n) is 3.68. The number of fused-ring (bicyclic) bond motifs is 1. The highest BCUT2D eigenvalue weighted by atomic mass is 16.5. The number of hydrogen-bond acceptors (Lipinski definition) is 4. The molecular formula is C19H24N2O2. The van der Waals surface area contributed by atoms with Gasteiger partial charge in [0.2, 0.25) is 0 Å². The molecule has 0 saturated heterocycles. The molecule has 2 aromatic rings. The van der Waals surface area contributed by atoms with E-state index in [-0.39, 0.29) is 5.97 Å². The zero-order chi connectivity index (χ0) is 17.0. The van der Waals surface area contributed by atoms with E-state index in [0.29, 0.717) is 6.61 Å². The van der Waals surface area contributed by atoms with Crippen molar-refractivity contribution in [3.63, 3.8) is 0 Å². The Kier molecular flexibility index (Phi) is 5.27. The fourth-order valence-electron chi connectivity index (χ4n) is 2.63. The maximum absolute atomic E-state index is 11.6. The van der Waals surface area contributed by atoms with Gasteiger partial charge in [-0.15, -0.1) is 0 Å². The van der Waals surface area contributed by atoms with Gasteiger partial charge >= 0.3 is 5.97 Å². The fraction of sp³-hybridized carbons (Fsp3) is 0.316. The van der Waals surface area contributed by atoms with Crippen LogP contribution in [-0.2, 0) is 9.53 Å². The number of benzene rings is 2. The highest BCUT2D eigenvalue weighted by Gasteiger charge is 2.12. The van der Waals surface area contributed by atoms with Gasteiger partial charge in [0.15, 0.2) is 0 Å². The second kappa shape index (κ2) is 7.18. The predicted molar refractivity (Wildman–Crippen MR) is 98.3 cm³/mol. The lowest BCUT2D eigenvalue weighted by Gasteiger charge is -2.22. The molecular weight excluding hydrogens is 288 g/mol. The molecule has 0 N–H and O–H groups in total. The van der Waals surface area contributed by atoms with Crippen molar-refractivity contribution in [1.29, 1.82) is 0 Å². The van der Waals surface area contributed by atoms with Crippen molar-refractivity contribution in [1.82, 2.24) is 0 Å². The summed E-state index contributed by atoms with van der Waals surface area (Å²) in [6.45, 7) is 2.19. The molecule has 0 spiro atoms. The van der Waals surface area contributed by atoms with E-state index in [1.54, 1.807) is 6.92 Å². The minimum Gasteiger partial charge on any atom is -0.463 e. The molecule has 23 heavy (non-hydrogen) atoms. The summed E-state index contributed by atoms with van der Waals surface area (Å²) in [4.78, 5) is 15.8. The first kappa shape index (κ1) is 16.9. The number of carbonyl (C=O) groups is 1. The molecule has 0 atom stereocenters. The highest BCUT2D eigenvalue weighted by Crippen LogP contribution is 2.36. The van der Waals surface area contributed by atoms with E-state index in [1.807, 2.05) is 46.4 Å². The van der Waals surface area contributed by atoms with Gasteiger partial charge in [-0.2, -0.15) is 0 Å². The zero-order valence-corrected chi connectivity index (χ0v) is 14.5.